The van der Waals surface area contributed by atoms with Crippen molar-refractivity contribution in [1.29, 1.82) is 0 Å². The lowest BCUT2D eigenvalue weighted by Gasteiger charge is -2.10. The summed E-state index contributed by atoms with van der Waals surface area (Å²) in [5.41, 5.74) is 2.33. The zero-order chi connectivity index (χ0) is 12.4. The van der Waals surface area contributed by atoms with Gasteiger partial charge in [0.15, 0.2) is 0 Å². The van der Waals surface area contributed by atoms with Gasteiger partial charge in [-0.3, -0.25) is 0 Å². The molecule has 0 atom stereocenters. The van der Waals surface area contributed by atoms with Crippen molar-refractivity contribution in [2.24, 2.45) is 5.92 Å². The fourth-order valence-electron chi connectivity index (χ4n) is 3.06. The molecule has 0 radical (unpaired) electrons. The SMILES string of the molecule is Cc1oc2ccccc2c1CNCC1CCCC1. The fraction of sp³-hybridized carbons (Fsp3) is 0.500. The minimum absolute atomic E-state index is 0.892. The molecule has 3 rings (SSSR count). The topological polar surface area (TPSA) is 25.2 Å². The molecule has 0 amide bonds. The monoisotopic (exact) mass is 243 g/mol. The van der Waals surface area contributed by atoms with Crippen LogP contribution < -0.4 is 5.32 Å². The van der Waals surface area contributed by atoms with Gasteiger partial charge in [-0.25, -0.2) is 0 Å². The van der Waals surface area contributed by atoms with E-state index < -0.39 is 0 Å². The minimum Gasteiger partial charge on any atom is -0.461 e. The smallest absolute Gasteiger partial charge is 0.134 e. The number of aryl methyl sites for hydroxylation is 1. The van der Waals surface area contributed by atoms with E-state index in [2.05, 4.69) is 24.4 Å². The van der Waals surface area contributed by atoms with Crippen molar-refractivity contribution in [2.45, 2.75) is 39.2 Å². The van der Waals surface area contributed by atoms with Crippen molar-refractivity contribution in [3.05, 3.63) is 35.6 Å². The maximum atomic E-state index is 5.78. The molecule has 0 aliphatic heterocycles. The first-order chi connectivity index (χ1) is 8.84. The third-order valence-electron chi connectivity index (χ3n) is 4.11. The van der Waals surface area contributed by atoms with E-state index in [1.807, 2.05) is 12.1 Å². The van der Waals surface area contributed by atoms with E-state index in [9.17, 15) is 0 Å². The molecule has 0 bridgehead atoms. The molecule has 1 saturated carbocycles. The Kier molecular flexibility index (Phi) is 3.37. The van der Waals surface area contributed by atoms with Gasteiger partial charge in [0.25, 0.3) is 0 Å². The maximum absolute atomic E-state index is 5.78. The van der Waals surface area contributed by atoms with Crippen molar-refractivity contribution in [3.63, 3.8) is 0 Å². The molecule has 1 aromatic carbocycles. The normalized spacial score (nSPS) is 16.7. The predicted octanol–water partition coefficient (Wildman–Crippen LogP) is 4.02. The Morgan fingerprint density at radius 1 is 1.22 bits per heavy atom. The molecule has 1 aliphatic rings. The summed E-state index contributed by atoms with van der Waals surface area (Å²) in [6.07, 6.45) is 5.64. The summed E-state index contributed by atoms with van der Waals surface area (Å²) in [5.74, 6) is 1.94. The van der Waals surface area contributed by atoms with Crippen molar-refractivity contribution in [1.82, 2.24) is 5.32 Å². The highest BCUT2D eigenvalue weighted by Gasteiger charge is 2.15. The highest BCUT2D eigenvalue weighted by atomic mass is 16.3. The first-order valence-corrected chi connectivity index (χ1v) is 7.02. The summed E-state index contributed by atoms with van der Waals surface area (Å²) in [5, 5.41) is 4.86. The molecule has 1 heterocycles. The van der Waals surface area contributed by atoms with Crippen LogP contribution in [0.4, 0.5) is 0 Å². The first kappa shape index (κ1) is 11.8. The molecule has 0 saturated heterocycles. The molecular weight excluding hydrogens is 222 g/mol. The van der Waals surface area contributed by atoms with Gasteiger partial charge in [0.05, 0.1) is 0 Å². The lowest BCUT2D eigenvalue weighted by Crippen LogP contribution is -2.20. The highest BCUT2D eigenvalue weighted by molar-refractivity contribution is 5.82. The molecule has 2 aromatic rings. The summed E-state index contributed by atoms with van der Waals surface area (Å²) in [6, 6.07) is 8.31. The van der Waals surface area contributed by atoms with Crippen molar-refractivity contribution >= 4 is 11.0 Å². The van der Waals surface area contributed by atoms with E-state index in [4.69, 9.17) is 4.42 Å². The Morgan fingerprint density at radius 3 is 2.83 bits per heavy atom. The number of para-hydroxylation sites is 1. The Labute approximate surface area is 108 Å². The van der Waals surface area contributed by atoms with Crippen LogP contribution in [-0.2, 0) is 6.54 Å². The number of benzene rings is 1. The summed E-state index contributed by atoms with van der Waals surface area (Å²) >= 11 is 0. The van der Waals surface area contributed by atoms with E-state index in [0.29, 0.717) is 0 Å². The van der Waals surface area contributed by atoms with Crippen LogP contribution >= 0.6 is 0 Å². The molecule has 2 nitrogen and oxygen atoms in total. The average molecular weight is 243 g/mol. The number of hydrogen-bond acceptors (Lipinski definition) is 2. The van der Waals surface area contributed by atoms with Crippen molar-refractivity contribution in [2.75, 3.05) is 6.54 Å². The van der Waals surface area contributed by atoms with E-state index in [-0.39, 0.29) is 0 Å². The third kappa shape index (κ3) is 2.30. The number of furan rings is 1. The lowest BCUT2D eigenvalue weighted by molar-refractivity contribution is 0.485. The van der Waals surface area contributed by atoms with Gasteiger partial charge >= 0.3 is 0 Å². The van der Waals surface area contributed by atoms with Crippen LogP contribution in [0.1, 0.15) is 37.0 Å². The summed E-state index contributed by atoms with van der Waals surface area (Å²) in [6.45, 7) is 4.14. The molecule has 2 heteroatoms. The molecule has 1 N–H and O–H groups in total. The number of nitrogens with one attached hydrogen (secondary N) is 1. The van der Waals surface area contributed by atoms with E-state index in [0.717, 1.165) is 30.4 Å². The van der Waals surface area contributed by atoms with Crippen molar-refractivity contribution < 1.29 is 4.42 Å². The third-order valence-corrected chi connectivity index (χ3v) is 4.11. The Balaban J connectivity index is 1.68. The predicted molar refractivity (Wildman–Crippen MR) is 74.6 cm³/mol. The largest absolute Gasteiger partial charge is 0.461 e. The molecule has 1 fully saturated rings. The van der Waals surface area contributed by atoms with Gasteiger partial charge in [-0.2, -0.15) is 0 Å². The van der Waals surface area contributed by atoms with Gasteiger partial charge in [0.1, 0.15) is 11.3 Å². The molecule has 1 aliphatic carbocycles. The Bertz CT molecular complexity index is 523. The highest BCUT2D eigenvalue weighted by Crippen LogP contribution is 2.26. The zero-order valence-corrected chi connectivity index (χ0v) is 11.0. The average Bonchev–Trinajstić information content (AvgIpc) is 2.98. The fourth-order valence-corrected chi connectivity index (χ4v) is 3.06. The second-order valence-corrected chi connectivity index (χ2v) is 5.41. The zero-order valence-electron chi connectivity index (χ0n) is 11.0. The summed E-state index contributed by atoms with van der Waals surface area (Å²) < 4.78 is 5.78. The van der Waals surface area contributed by atoms with Gasteiger partial charge in [-0.15, -0.1) is 0 Å². The summed E-state index contributed by atoms with van der Waals surface area (Å²) in [4.78, 5) is 0. The second-order valence-electron chi connectivity index (χ2n) is 5.41. The van der Waals surface area contributed by atoms with Gasteiger partial charge in [0.2, 0.25) is 0 Å². The molecule has 1 aromatic heterocycles. The Morgan fingerprint density at radius 2 is 2.00 bits per heavy atom. The molecule has 18 heavy (non-hydrogen) atoms. The van der Waals surface area contributed by atoms with Gasteiger partial charge in [0, 0.05) is 17.5 Å². The van der Waals surface area contributed by atoms with Crippen LogP contribution in [-0.4, -0.2) is 6.54 Å². The van der Waals surface area contributed by atoms with Gasteiger partial charge < -0.3 is 9.73 Å². The van der Waals surface area contributed by atoms with E-state index >= 15 is 0 Å². The van der Waals surface area contributed by atoms with Crippen LogP contribution in [0.25, 0.3) is 11.0 Å². The van der Waals surface area contributed by atoms with E-state index in [1.165, 1.54) is 36.6 Å². The number of hydrogen-bond donors (Lipinski definition) is 1. The number of fused-ring (bicyclic) bond motifs is 1. The molecular formula is C16H21NO. The Hall–Kier alpha value is -1.28. The minimum atomic E-state index is 0.892. The maximum Gasteiger partial charge on any atom is 0.134 e. The molecule has 0 spiro atoms. The quantitative estimate of drug-likeness (QED) is 0.877. The summed E-state index contributed by atoms with van der Waals surface area (Å²) in [7, 11) is 0. The first-order valence-electron chi connectivity index (χ1n) is 7.02. The van der Waals surface area contributed by atoms with Crippen LogP contribution in [0.5, 0.6) is 0 Å². The number of rotatable bonds is 4. The van der Waals surface area contributed by atoms with Crippen LogP contribution in [0.15, 0.2) is 28.7 Å². The molecule has 96 valence electrons. The van der Waals surface area contributed by atoms with Crippen LogP contribution in [0.3, 0.4) is 0 Å². The standard InChI is InChI=1S/C16H21NO/c1-12-15(11-17-10-13-6-2-3-7-13)14-8-4-5-9-16(14)18-12/h4-5,8-9,13,17H,2-3,6-7,10-11H2,1H3. The van der Waals surface area contributed by atoms with Crippen molar-refractivity contribution in [3.8, 4) is 0 Å². The lowest BCUT2D eigenvalue weighted by atomic mass is 10.1. The van der Waals surface area contributed by atoms with Gasteiger partial charge in [-0.1, -0.05) is 31.0 Å². The van der Waals surface area contributed by atoms with Crippen LogP contribution in [0, 0.1) is 12.8 Å². The van der Waals surface area contributed by atoms with Gasteiger partial charge in [-0.05, 0) is 38.3 Å². The van der Waals surface area contributed by atoms with E-state index in [1.54, 1.807) is 0 Å². The second kappa shape index (κ2) is 5.15. The van der Waals surface area contributed by atoms with Crippen LogP contribution in [0.2, 0.25) is 0 Å². The molecule has 0 unspecified atom stereocenters.